The lowest BCUT2D eigenvalue weighted by molar-refractivity contribution is -0.120. The second-order valence-corrected chi connectivity index (χ2v) is 5.37. The summed E-state index contributed by atoms with van der Waals surface area (Å²) in [6.45, 7) is 1.25. The van der Waals surface area contributed by atoms with Crippen molar-refractivity contribution >= 4 is 17.3 Å². The molecule has 0 bridgehead atoms. The Kier molecular flexibility index (Phi) is 4.74. The third-order valence-corrected chi connectivity index (χ3v) is 3.80. The monoisotopic (exact) mass is 328 g/mol. The fourth-order valence-electron chi connectivity index (χ4n) is 2.42. The Morgan fingerprint density at radius 3 is 2.67 bits per heavy atom. The Balaban J connectivity index is 1.52. The van der Waals surface area contributed by atoms with E-state index in [-0.39, 0.29) is 12.5 Å². The maximum Gasteiger partial charge on any atom is 0.264 e. The van der Waals surface area contributed by atoms with Gasteiger partial charge in [0.05, 0.1) is 12.8 Å². The van der Waals surface area contributed by atoms with Crippen LogP contribution in [0.15, 0.2) is 42.5 Å². The Morgan fingerprint density at radius 1 is 1.17 bits per heavy atom. The van der Waals surface area contributed by atoms with Crippen molar-refractivity contribution in [2.45, 2.75) is 0 Å². The van der Waals surface area contributed by atoms with Gasteiger partial charge >= 0.3 is 0 Å². The van der Waals surface area contributed by atoms with Crippen molar-refractivity contribution in [1.82, 2.24) is 0 Å². The lowest BCUT2D eigenvalue weighted by atomic mass is 10.2. The number of hydrogen-bond acceptors (Lipinski definition) is 5. The molecule has 0 aromatic heterocycles. The van der Waals surface area contributed by atoms with Crippen molar-refractivity contribution in [2.75, 3.05) is 44.1 Å². The van der Waals surface area contributed by atoms with Gasteiger partial charge in [-0.15, -0.1) is 0 Å². The fourth-order valence-corrected chi connectivity index (χ4v) is 2.42. The number of amides is 1. The van der Waals surface area contributed by atoms with Crippen LogP contribution in [0.3, 0.4) is 0 Å². The minimum absolute atomic E-state index is 0.0533. The molecule has 0 radical (unpaired) electrons. The van der Waals surface area contributed by atoms with Gasteiger partial charge in [0, 0.05) is 19.3 Å². The molecular formula is C18H20N2O4. The van der Waals surface area contributed by atoms with E-state index in [2.05, 4.69) is 5.32 Å². The number of benzene rings is 2. The molecule has 1 aliphatic rings. The summed E-state index contributed by atoms with van der Waals surface area (Å²) in [7, 11) is 3.38. The molecule has 1 aliphatic heterocycles. The Bertz CT molecular complexity index is 715. The molecule has 0 saturated carbocycles. The van der Waals surface area contributed by atoms with Crippen LogP contribution in [0.5, 0.6) is 17.2 Å². The van der Waals surface area contributed by atoms with Crippen molar-refractivity contribution in [1.29, 1.82) is 0 Å². The molecule has 0 aliphatic carbocycles. The van der Waals surface area contributed by atoms with Crippen LogP contribution in [0.25, 0.3) is 0 Å². The zero-order valence-electron chi connectivity index (χ0n) is 13.7. The van der Waals surface area contributed by atoms with Gasteiger partial charge < -0.3 is 24.4 Å². The molecule has 24 heavy (non-hydrogen) atoms. The second-order valence-electron chi connectivity index (χ2n) is 5.37. The van der Waals surface area contributed by atoms with Gasteiger partial charge in [0.1, 0.15) is 23.9 Å². The number of carbonyl (C=O) groups excluding carboxylic acids is 1. The summed E-state index contributed by atoms with van der Waals surface area (Å²) < 4.78 is 16.2. The average molecular weight is 328 g/mol. The predicted octanol–water partition coefficient (Wildman–Crippen LogP) is 2.54. The van der Waals surface area contributed by atoms with Crippen LogP contribution in [0, 0.1) is 0 Å². The highest BCUT2D eigenvalue weighted by atomic mass is 16.5. The lowest BCUT2D eigenvalue weighted by Gasteiger charge is -2.26. The summed E-state index contributed by atoms with van der Waals surface area (Å²) in [6, 6.07) is 13.2. The van der Waals surface area contributed by atoms with Gasteiger partial charge in [-0.05, 0) is 42.5 Å². The molecule has 6 heteroatoms. The van der Waals surface area contributed by atoms with Crippen LogP contribution < -0.4 is 24.4 Å². The molecule has 0 fully saturated rings. The number of nitrogens with one attached hydrogen (secondary N) is 1. The highest BCUT2D eigenvalue weighted by molar-refractivity contribution is 5.97. The number of carbonyl (C=O) groups is 1. The summed E-state index contributed by atoms with van der Waals surface area (Å²) >= 11 is 0. The van der Waals surface area contributed by atoms with Gasteiger partial charge in [0.2, 0.25) is 0 Å². The Morgan fingerprint density at radius 2 is 1.92 bits per heavy atom. The van der Waals surface area contributed by atoms with E-state index >= 15 is 0 Å². The number of ether oxygens (including phenoxy) is 3. The van der Waals surface area contributed by atoms with Crippen molar-refractivity contribution in [3.63, 3.8) is 0 Å². The highest BCUT2D eigenvalue weighted by Gasteiger charge is 2.22. The largest absolute Gasteiger partial charge is 0.497 e. The van der Waals surface area contributed by atoms with Gasteiger partial charge in [0.25, 0.3) is 5.91 Å². The number of anilines is 2. The lowest BCUT2D eigenvalue weighted by Crippen LogP contribution is -2.35. The molecule has 1 amide bonds. The topological polar surface area (TPSA) is 60.0 Å². The third-order valence-electron chi connectivity index (χ3n) is 3.80. The fraction of sp³-hybridized carbons (Fsp3) is 0.278. The van der Waals surface area contributed by atoms with E-state index in [1.54, 1.807) is 19.1 Å². The van der Waals surface area contributed by atoms with Crippen LogP contribution in [0.4, 0.5) is 11.4 Å². The molecule has 0 spiro atoms. The van der Waals surface area contributed by atoms with E-state index < -0.39 is 0 Å². The quantitative estimate of drug-likeness (QED) is 0.826. The number of fused-ring (bicyclic) bond motifs is 1. The highest BCUT2D eigenvalue weighted by Crippen LogP contribution is 2.33. The zero-order chi connectivity index (χ0) is 16.9. The number of hydrogen-bond donors (Lipinski definition) is 1. The number of methoxy groups -OCH3 is 1. The number of rotatable bonds is 6. The minimum atomic E-state index is -0.0533. The first-order valence-electron chi connectivity index (χ1n) is 7.71. The Hall–Kier alpha value is -2.89. The molecule has 126 valence electrons. The van der Waals surface area contributed by atoms with Crippen LogP contribution in [0.2, 0.25) is 0 Å². The predicted molar refractivity (Wildman–Crippen MR) is 92.3 cm³/mol. The molecule has 0 unspecified atom stereocenters. The van der Waals surface area contributed by atoms with Crippen LogP contribution >= 0.6 is 0 Å². The van der Waals surface area contributed by atoms with E-state index in [1.165, 1.54) is 0 Å². The van der Waals surface area contributed by atoms with Gasteiger partial charge in [-0.3, -0.25) is 4.79 Å². The van der Waals surface area contributed by atoms with E-state index in [4.69, 9.17) is 14.2 Å². The number of likely N-dealkylation sites (N-methyl/N-ethyl adjacent to an activating group) is 1. The summed E-state index contributed by atoms with van der Waals surface area (Å²) in [5.41, 5.74) is 1.68. The Labute approximate surface area is 140 Å². The van der Waals surface area contributed by atoms with Crippen LogP contribution in [-0.4, -0.2) is 39.8 Å². The van der Waals surface area contributed by atoms with Gasteiger partial charge in [-0.2, -0.15) is 0 Å². The molecular weight excluding hydrogens is 308 g/mol. The van der Waals surface area contributed by atoms with E-state index in [9.17, 15) is 4.79 Å². The maximum atomic E-state index is 11.7. The van der Waals surface area contributed by atoms with Crippen LogP contribution in [-0.2, 0) is 4.79 Å². The summed E-state index contributed by atoms with van der Waals surface area (Å²) in [5, 5.41) is 3.28. The van der Waals surface area contributed by atoms with Crippen molar-refractivity contribution in [3.8, 4) is 17.2 Å². The molecule has 2 aromatic rings. The van der Waals surface area contributed by atoms with Gasteiger partial charge in [-0.1, -0.05) is 0 Å². The maximum absolute atomic E-state index is 11.7. The second kappa shape index (κ2) is 7.12. The van der Waals surface area contributed by atoms with Gasteiger partial charge in [-0.25, -0.2) is 0 Å². The summed E-state index contributed by atoms with van der Waals surface area (Å²) in [6.07, 6.45) is 0. The first kappa shape index (κ1) is 16.0. The SMILES string of the molecule is COc1ccc(OCCNc2ccc3c(c2)N(C)C(=O)CO3)cc1. The molecule has 1 heterocycles. The number of nitrogens with zero attached hydrogens (tertiary/aromatic N) is 1. The van der Waals surface area contributed by atoms with Crippen LogP contribution in [0.1, 0.15) is 0 Å². The van der Waals surface area contributed by atoms with E-state index in [0.717, 1.165) is 28.6 Å². The summed E-state index contributed by atoms with van der Waals surface area (Å²) in [4.78, 5) is 13.3. The van der Waals surface area contributed by atoms with Crippen molar-refractivity contribution < 1.29 is 19.0 Å². The normalized spacial score (nSPS) is 13.1. The molecule has 0 saturated heterocycles. The van der Waals surface area contributed by atoms with Gasteiger partial charge in [0.15, 0.2) is 6.61 Å². The summed E-state index contributed by atoms with van der Waals surface area (Å²) in [5.74, 6) is 2.26. The standard InChI is InChI=1S/C18H20N2O4/c1-20-16-11-13(3-8-17(16)24-12-18(20)21)19-9-10-23-15-6-4-14(22-2)5-7-15/h3-8,11,19H,9-10,12H2,1-2H3. The molecule has 6 nitrogen and oxygen atoms in total. The third kappa shape index (κ3) is 3.53. The molecule has 2 aromatic carbocycles. The minimum Gasteiger partial charge on any atom is -0.497 e. The molecule has 1 N–H and O–H groups in total. The zero-order valence-corrected chi connectivity index (χ0v) is 13.7. The first-order chi connectivity index (χ1) is 11.7. The van der Waals surface area contributed by atoms with E-state index in [1.807, 2.05) is 42.5 Å². The van der Waals surface area contributed by atoms with Crippen molar-refractivity contribution in [3.05, 3.63) is 42.5 Å². The van der Waals surface area contributed by atoms with Crippen molar-refractivity contribution in [2.24, 2.45) is 0 Å². The van der Waals surface area contributed by atoms with E-state index in [0.29, 0.717) is 13.2 Å². The molecule has 0 atom stereocenters. The first-order valence-corrected chi connectivity index (χ1v) is 7.71. The molecule has 3 rings (SSSR count). The average Bonchev–Trinajstić information content (AvgIpc) is 2.62. The smallest absolute Gasteiger partial charge is 0.264 e.